The minimum absolute atomic E-state index is 0.130. The van der Waals surface area contributed by atoms with Gasteiger partial charge in [-0.3, -0.25) is 0 Å². The summed E-state index contributed by atoms with van der Waals surface area (Å²) < 4.78 is 16.0. The molecule has 0 spiro atoms. The fourth-order valence-electron chi connectivity index (χ4n) is 2.17. The molecular formula is C14H19FN2. The van der Waals surface area contributed by atoms with E-state index in [0.29, 0.717) is 12.6 Å². The maximum atomic E-state index is 13.9. The van der Waals surface area contributed by atoms with Crippen LogP contribution in [0.4, 0.5) is 4.39 Å². The summed E-state index contributed by atoms with van der Waals surface area (Å²) in [5.74, 6) is -0.130. The van der Waals surface area contributed by atoms with Crippen LogP contribution in [0.3, 0.4) is 0 Å². The molecule has 1 N–H and O–H groups in total. The van der Waals surface area contributed by atoms with Gasteiger partial charge < -0.3 is 9.88 Å². The number of hydrogen-bond acceptors (Lipinski definition) is 1. The zero-order valence-electron chi connectivity index (χ0n) is 10.6. The Morgan fingerprint density at radius 3 is 2.76 bits per heavy atom. The molecule has 2 nitrogen and oxygen atoms in total. The highest BCUT2D eigenvalue weighted by molar-refractivity contribution is 5.84. The van der Waals surface area contributed by atoms with Gasteiger partial charge in [0.15, 0.2) is 0 Å². The first-order valence-corrected chi connectivity index (χ1v) is 6.13. The van der Waals surface area contributed by atoms with Crippen molar-refractivity contribution in [2.75, 3.05) is 6.54 Å². The van der Waals surface area contributed by atoms with Gasteiger partial charge in [-0.1, -0.05) is 13.0 Å². The second-order valence-corrected chi connectivity index (χ2v) is 4.57. The van der Waals surface area contributed by atoms with Crippen molar-refractivity contribution in [1.82, 2.24) is 9.88 Å². The predicted octanol–water partition coefficient (Wildman–Crippen LogP) is 3.47. The van der Waals surface area contributed by atoms with Gasteiger partial charge >= 0.3 is 0 Å². The topological polar surface area (TPSA) is 17.0 Å². The summed E-state index contributed by atoms with van der Waals surface area (Å²) in [6, 6.07) is 5.62. The lowest BCUT2D eigenvalue weighted by molar-refractivity contribution is 0.617. The van der Waals surface area contributed by atoms with Gasteiger partial charge in [-0.05, 0) is 38.1 Å². The van der Waals surface area contributed by atoms with Gasteiger partial charge in [0, 0.05) is 24.2 Å². The molecule has 1 aromatic carbocycles. The van der Waals surface area contributed by atoms with Crippen molar-refractivity contribution in [3.8, 4) is 0 Å². The van der Waals surface area contributed by atoms with Crippen LogP contribution >= 0.6 is 0 Å². The monoisotopic (exact) mass is 234 g/mol. The van der Waals surface area contributed by atoms with E-state index >= 15 is 0 Å². The Kier molecular flexibility index (Phi) is 3.48. The number of fused-ring (bicyclic) bond motifs is 1. The first-order valence-electron chi connectivity index (χ1n) is 6.13. The molecule has 1 aromatic heterocycles. The summed E-state index contributed by atoms with van der Waals surface area (Å²) in [6.45, 7) is 7.89. The highest BCUT2D eigenvalue weighted by atomic mass is 19.1. The molecule has 3 heteroatoms. The lowest BCUT2D eigenvalue weighted by atomic mass is 10.1. The fourth-order valence-corrected chi connectivity index (χ4v) is 2.17. The van der Waals surface area contributed by atoms with Crippen LogP contribution in [-0.4, -0.2) is 11.1 Å². The third-order valence-electron chi connectivity index (χ3n) is 3.01. The number of nitrogens with zero attached hydrogens (tertiary/aromatic N) is 1. The van der Waals surface area contributed by atoms with Crippen molar-refractivity contribution in [2.45, 2.75) is 33.4 Å². The third kappa shape index (κ3) is 2.20. The molecule has 0 fully saturated rings. The zero-order valence-corrected chi connectivity index (χ0v) is 10.6. The van der Waals surface area contributed by atoms with E-state index in [2.05, 4.69) is 36.9 Å². The molecule has 0 atom stereocenters. The van der Waals surface area contributed by atoms with E-state index in [-0.39, 0.29) is 5.82 Å². The quantitative estimate of drug-likeness (QED) is 0.857. The van der Waals surface area contributed by atoms with E-state index in [0.717, 1.165) is 23.0 Å². The van der Waals surface area contributed by atoms with Crippen LogP contribution in [0.25, 0.3) is 10.9 Å². The minimum atomic E-state index is -0.130. The summed E-state index contributed by atoms with van der Waals surface area (Å²) in [5, 5.41) is 4.01. The number of hydrogen-bond donors (Lipinski definition) is 1. The molecule has 2 aromatic rings. The SMILES string of the molecule is CCNCc1cn(C(C)C)c2cccc(F)c12. The zero-order chi connectivity index (χ0) is 12.4. The van der Waals surface area contributed by atoms with Crippen LogP contribution in [0.1, 0.15) is 32.4 Å². The van der Waals surface area contributed by atoms with Crippen LogP contribution in [0.2, 0.25) is 0 Å². The maximum Gasteiger partial charge on any atom is 0.132 e. The number of rotatable bonds is 4. The molecule has 1 heterocycles. The Labute approximate surface area is 101 Å². The van der Waals surface area contributed by atoms with E-state index < -0.39 is 0 Å². The largest absolute Gasteiger partial charge is 0.345 e. The molecule has 2 rings (SSSR count). The normalized spacial score (nSPS) is 11.6. The third-order valence-corrected chi connectivity index (χ3v) is 3.01. The average Bonchev–Trinajstić information content (AvgIpc) is 2.67. The van der Waals surface area contributed by atoms with Crippen molar-refractivity contribution in [3.63, 3.8) is 0 Å². The summed E-state index contributed by atoms with van der Waals surface area (Å²) >= 11 is 0. The predicted molar refractivity (Wildman–Crippen MR) is 69.7 cm³/mol. The summed E-state index contributed by atoms with van der Waals surface area (Å²) in [6.07, 6.45) is 2.06. The van der Waals surface area contributed by atoms with Crippen LogP contribution in [0, 0.1) is 5.82 Å². The van der Waals surface area contributed by atoms with E-state index in [1.807, 2.05) is 6.07 Å². The Morgan fingerprint density at radius 1 is 1.35 bits per heavy atom. The van der Waals surface area contributed by atoms with E-state index in [1.165, 1.54) is 6.07 Å². The minimum Gasteiger partial charge on any atom is -0.345 e. The van der Waals surface area contributed by atoms with E-state index in [1.54, 1.807) is 6.07 Å². The second-order valence-electron chi connectivity index (χ2n) is 4.57. The van der Waals surface area contributed by atoms with Crippen LogP contribution in [0.15, 0.2) is 24.4 Å². The first kappa shape index (κ1) is 12.1. The number of benzene rings is 1. The smallest absolute Gasteiger partial charge is 0.132 e. The van der Waals surface area contributed by atoms with E-state index in [9.17, 15) is 4.39 Å². The number of nitrogens with one attached hydrogen (secondary N) is 1. The second kappa shape index (κ2) is 4.88. The van der Waals surface area contributed by atoms with Crippen LogP contribution in [-0.2, 0) is 6.54 Å². The lowest BCUT2D eigenvalue weighted by Gasteiger charge is -2.08. The Bertz CT molecular complexity index is 514. The Morgan fingerprint density at radius 2 is 2.12 bits per heavy atom. The van der Waals surface area contributed by atoms with Gasteiger partial charge in [0.25, 0.3) is 0 Å². The number of halogens is 1. The summed E-state index contributed by atoms with van der Waals surface area (Å²) in [7, 11) is 0. The highest BCUT2D eigenvalue weighted by Gasteiger charge is 2.13. The van der Waals surface area contributed by atoms with Gasteiger partial charge in [-0.15, -0.1) is 0 Å². The standard InChI is InChI=1S/C14H19FN2/c1-4-16-8-11-9-17(10(2)3)13-7-5-6-12(15)14(11)13/h5-7,9-10,16H,4,8H2,1-3H3. The molecule has 0 bridgehead atoms. The molecule has 0 saturated carbocycles. The van der Waals surface area contributed by atoms with E-state index in [4.69, 9.17) is 0 Å². The van der Waals surface area contributed by atoms with Gasteiger partial charge in [-0.25, -0.2) is 4.39 Å². The summed E-state index contributed by atoms with van der Waals surface area (Å²) in [4.78, 5) is 0. The molecule has 0 amide bonds. The van der Waals surface area contributed by atoms with Crippen molar-refractivity contribution in [2.24, 2.45) is 0 Å². The first-order chi connectivity index (χ1) is 8.15. The van der Waals surface area contributed by atoms with Crippen molar-refractivity contribution in [3.05, 3.63) is 35.8 Å². The highest BCUT2D eigenvalue weighted by Crippen LogP contribution is 2.26. The van der Waals surface area contributed by atoms with Crippen LogP contribution < -0.4 is 5.32 Å². The van der Waals surface area contributed by atoms with Gasteiger partial charge in [-0.2, -0.15) is 0 Å². The Balaban J connectivity index is 2.59. The molecule has 92 valence electrons. The molecule has 0 aliphatic rings. The van der Waals surface area contributed by atoms with Crippen molar-refractivity contribution in [1.29, 1.82) is 0 Å². The van der Waals surface area contributed by atoms with Crippen molar-refractivity contribution >= 4 is 10.9 Å². The number of aromatic nitrogens is 1. The van der Waals surface area contributed by atoms with Crippen LogP contribution in [0.5, 0.6) is 0 Å². The molecular weight excluding hydrogens is 215 g/mol. The molecule has 17 heavy (non-hydrogen) atoms. The Hall–Kier alpha value is -1.35. The molecule has 0 aliphatic carbocycles. The molecule has 0 unspecified atom stereocenters. The molecule has 0 aliphatic heterocycles. The maximum absolute atomic E-state index is 13.9. The van der Waals surface area contributed by atoms with Crippen molar-refractivity contribution < 1.29 is 4.39 Å². The van der Waals surface area contributed by atoms with Gasteiger partial charge in [0.2, 0.25) is 0 Å². The molecule has 0 saturated heterocycles. The summed E-state index contributed by atoms with van der Waals surface area (Å²) in [5.41, 5.74) is 2.02. The lowest BCUT2D eigenvalue weighted by Crippen LogP contribution is -2.11. The van der Waals surface area contributed by atoms with Gasteiger partial charge in [0.1, 0.15) is 5.82 Å². The molecule has 0 radical (unpaired) electrons. The average molecular weight is 234 g/mol. The fraction of sp³-hybridized carbons (Fsp3) is 0.429. The van der Waals surface area contributed by atoms with Gasteiger partial charge in [0.05, 0.1) is 5.52 Å².